The van der Waals surface area contributed by atoms with Crippen LogP contribution in [0.15, 0.2) is 6.07 Å². The number of carbonyl (C=O) groups is 2. The van der Waals surface area contributed by atoms with Gasteiger partial charge in [0.2, 0.25) is 15.9 Å². The number of ether oxygens (including phenoxy) is 1. The molecule has 0 unspecified atom stereocenters. The number of hydrogen-bond acceptors (Lipinski definition) is 6. The Morgan fingerprint density at radius 2 is 2.07 bits per heavy atom. The minimum atomic E-state index is -3.28. The standard InChI is InChI=1S/C18H29N5O5S/c1-11(2)19-18(25)28-14-5-4-12(8-14)15-9-16(22-21-15)20-17(24)13-6-7-23(10-13)29(3,26)27/h9,11-14H,4-8,10H2,1-3H3,(H,19,25)(H2,20,21,22,24)/t12-,13+,14+/m0/s1. The number of H-pyrrole nitrogens is 1. The number of nitrogens with one attached hydrogen (secondary N) is 3. The zero-order valence-corrected chi connectivity index (χ0v) is 17.8. The molecule has 1 aromatic heterocycles. The molecule has 1 aliphatic carbocycles. The number of alkyl carbamates (subject to hydrolysis) is 1. The summed E-state index contributed by atoms with van der Waals surface area (Å²) < 4.78 is 30.0. The summed E-state index contributed by atoms with van der Waals surface area (Å²) in [4.78, 5) is 24.2. The molecule has 1 saturated carbocycles. The van der Waals surface area contributed by atoms with Gasteiger partial charge in [0.25, 0.3) is 0 Å². The first kappa shape index (κ1) is 21.6. The minimum Gasteiger partial charge on any atom is -0.446 e. The molecule has 10 nitrogen and oxygen atoms in total. The minimum absolute atomic E-state index is 0.0304. The van der Waals surface area contributed by atoms with Crippen molar-refractivity contribution in [3.05, 3.63) is 11.8 Å². The van der Waals surface area contributed by atoms with Gasteiger partial charge in [-0.2, -0.15) is 5.10 Å². The van der Waals surface area contributed by atoms with E-state index in [-0.39, 0.29) is 36.4 Å². The molecule has 1 aliphatic heterocycles. The largest absolute Gasteiger partial charge is 0.446 e. The summed E-state index contributed by atoms with van der Waals surface area (Å²) in [5.41, 5.74) is 0.889. The molecule has 3 atom stereocenters. The number of carbonyl (C=O) groups excluding carboxylic acids is 2. The van der Waals surface area contributed by atoms with E-state index in [2.05, 4.69) is 20.8 Å². The number of hydrogen-bond donors (Lipinski definition) is 3. The maximum atomic E-state index is 12.4. The van der Waals surface area contributed by atoms with Gasteiger partial charge in [-0.05, 0) is 39.5 Å². The van der Waals surface area contributed by atoms with Gasteiger partial charge in [-0.1, -0.05) is 0 Å². The zero-order valence-electron chi connectivity index (χ0n) is 17.0. The Morgan fingerprint density at radius 1 is 1.31 bits per heavy atom. The Bertz CT molecular complexity index is 853. The number of amides is 2. The molecule has 0 aromatic carbocycles. The fourth-order valence-corrected chi connectivity index (χ4v) is 4.72. The van der Waals surface area contributed by atoms with Crippen molar-refractivity contribution in [3.8, 4) is 0 Å². The molecular weight excluding hydrogens is 398 g/mol. The van der Waals surface area contributed by atoms with Crippen LogP contribution in [0.3, 0.4) is 0 Å². The second-order valence-electron chi connectivity index (χ2n) is 8.14. The van der Waals surface area contributed by atoms with Crippen molar-refractivity contribution in [2.24, 2.45) is 5.92 Å². The summed E-state index contributed by atoms with van der Waals surface area (Å²) >= 11 is 0. The molecule has 0 bridgehead atoms. The number of anilines is 1. The van der Waals surface area contributed by atoms with Crippen LogP contribution in [0.25, 0.3) is 0 Å². The van der Waals surface area contributed by atoms with Crippen LogP contribution in [-0.2, 0) is 19.6 Å². The van der Waals surface area contributed by atoms with E-state index in [4.69, 9.17) is 4.74 Å². The Balaban J connectivity index is 1.50. The van der Waals surface area contributed by atoms with Crippen LogP contribution in [0.5, 0.6) is 0 Å². The van der Waals surface area contributed by atoms with Gasteiger partial charge in [0, 0.05) is 36.8 Å². The molecule has 29 heavy (non-hydrogen) atoms. The normalized spacial score (nSPS) is 25.3. The lowest BCUT2D eigenvalue weighted by Crippen LogP contribution is -2.33. The van der Waals surface area contributed by atoms with Crippen LogP contribution >= 0.6 is 0 Å². The van der Waals surface area contributed by atoms with Gasteiger partial charge in [0.05, 0.1) is 12.2 Å². The summed E-state index contributed by atoms with van der Waals surface area (Å²) in [5, 5.41) is 12.6. The molecule has 2 fully saturated rings. The van der Waals surface area contributed by atoms with Gasteiger partial charge in [0.15, 0.2) is 5.82 Å². The highest BCUT2D eigenvalue weighted by Crippen LogP contribution is 2.36. The van der Waals surface area contributed by atoms with Gasteiger partial charge in [-0.15, -0.1) is 0 Å². The van der Waals surface area contributed by atoms with Crippen molar-refractivity contribution in [3.63, 3.8) is 0 Å². The van der Waals surface area contributed by atoms with E-state index in [1.165, 1.54) is 4.31 Å². The highest BCUT2D eigenvalue weighted by molar-refractivity contribution is 7.88. The van der Waals surface area contributed by atoms with Crippen molar-refractivity contribution in [1.82, 2.24) is 19.8 Å². The molecule has 3 rings (SSSR count). The Kier molecular flexibility index (Phi) is 6.47. The van der Waals surface area contributed by atoms with Crippen LogP contribution in [0.1, 0.15) is 51.1 Å². The van der Waals surface area contributed by atoms with Crippen molar-refractivity contribution in [2.75, 3.05) is 24.7 Å². The fourth-order valence-electron chi connectivity index (χ4n) is 3.83. The fraction of sp³-hybridized carbons (Fsp3) is 0.722. The molecule has 3 N–H and O–H groups in total. The maximum Gasteiger partial charge on any atom is 0.407 e. The molecule has 2 aliphatic rings. The molecule has 0 radical (unpaired) electrons. The Morgan fingerprint density at radius 3 is 2.72 bits per heavy atom. The Labute approximate surface area is 170 Å². The number of aromatic nitrogens is 2. The van der Waals surface area contributed by atoms with E-state index >= 15 is 0 Å². The zero-order chi connectivity index (χ0) is 21.2. The summed E-state index contributed by atoms with van der Waals surface area (Å²) in [5.74, 6) is -0.0114. The van der Waals surface area contributed by atoms with E-state index in [9.17, 15) is 18.0 Å². The van der Waals surface area contributed by atoms with Gasteiger partial charge in [-0.3, -0.25) is 9.89 Å². The average molecular weight is 428 g/mol. The molecule has 11 heteroatoms. The smallest absolute Gasteiger partial charge is 0.407 e. The highest BCUT2D eigenvalue weighted by Gasteiger charge is 2.34. The lowest BCUT2D eigenvalue weighted by atomic mass is 10.0. The first-order valence-electron chi connectivity index (χ1n) is 9.90. The monoisotopic (exact) mass is 427 g/mol. The quantitative estimate of drug-likeness (QED) is 0.628. The first-order valence-corrected chi connectivity index (χ1v) is 11.7. The highest BCUT2D eigenvalue weighted by atomic mass is 32.2. The third kappa shape index (κ3) is 5.69. The van der Waals surface area contributed by atoms with Crippen molar-refractivity contribution >= 4 is 27.8 Å². The topological polar surface area (TPSA) is 133 Å². The summed E-state index contributed by atoms with van der Waals surface area (Å²) in [6.07, 6.45) is 3.45. The summed E-state index contributed by atoms with van der Waals surface area (Å²) in [6, 6.07) is 1.82. The first-order chi connectivity index (χ1) is 13.6. The van der Waals surface area contributed by atoms with E-state index in [1.807, 2.05) is 13.8 Å². The second-order valence-corrected chi connectivity index (χ2v) is 10.1. The molecular formula is C18H29N5O5S. The third-order valence-corrected chi connectivity index (χ3v) is 6.61. The van der Waals surface area contributed by atoms with Gasteiger partial charge in [0.1, 0.15) is 6.10 Å². The van der Waals surface area contributed by atoms with Gasteiger partial charge in [-0.25, -0.2) is 17.5 Å². The maximum absolute atomic E-state index is 12.4. The van der Waals surface area contributed by atoms with Crippen molar-refractivity contribution in [2.45, 2.75) is 57.6 Å². The number of nitrogens with zero attached hydrogens (tertiary/aromatic N) is 2. The number of sulfonamides is 1. The SMILES string of the molecule is CC(C)NC(=O)O[C@@H]1CC[C@H](c2cc(NC(=O)[C@@H]3CCN(S(C)(=O)=O)C3)n[nH]2)C1. The molecule has 1 saturated heterocycles. The second kappa shape index (κ2) is 8.70. The molecule has 2 heterocycles. The molecule has 2 amide bonds. The lowest BCUT2D eigenvalue weighted by molar-refractivity contribution is -0.119. The number of rotatable bonds is 6. The van der Waals surface area contributed by atoms with E-state index in [1.54, 1.807) is 6.07 Å². The third-order valence-electron chi connectivity index (χ3n) is 5.34. The average Bonchev–Trinajstić information content (AvgIpc) is 3.33. The molecule has 162 valence electrons. The summed E-state index contributed by atoms with van der Waals surface area (Å²) in [6.45, 7) is 4.31. The van der Waals surface area contributed by atoms with Crippen molar-refractivity contribution < 1.29 is 22.7 Å². The summed E-state index contributed by atoms with van der Waals surface area (Å²) in [7, 11) is -3.28. The molecule has 0 spiro atoms. The van der Waals surface area contributed by atoms with Crippen LogP contribution < -0.4 is 10.6 Å². The van der Waals surface area contributed by atoms with Gasteiger partial charge >= 0.3 is 6.09 Å². The molecule has 1 aromatic rings. The van der Waals surface area contributed by atoms with Crippen LogP contribution in [0.4, 0.5) is 10.6 Å². The van der Waals surface area contributed by atoms with E-state index < -0.39 is 16.1 Å². The predicted molar refractivity (Wildman–Crippen MR) is 107 cm³/mol. The van der Waals surface area contributed by atoms with E-state index in [0.29, 0.717) is 25.2 Å². The van der Waals surface area contributed by atoms with Gasteiger partial charge < -0.3 is 15.4 Å². The Hall–Kier alpha value is -2.14. The van der Waals surface area contributed by atoms with Crippen LogP contribution in [-0.4, -0.2) is 66.4 Å². The lowest BCUT2D eigenvalue weighted by Gasteiger charge is -2.14. The van der Waals surface area contributed by atoms with Crippen LogP contribution in [0.2, 0.25) is 0 Å². The van der Waals surface area contributed by atoms with E-state index in [0.717, 1.165) is 24.8 Å². The number of aromatic amines is 1. The van der Waals surface area contributed by atoms with Crippen molar-refractivity contribution in [1.29, 1.82) is 0 Å². The van der Waals surface area contributed by atoms with Crippen LogP contribution in [0, 0.1) is 5.92 Å². The predicted octanol–water partition coefficient (Wildman–Crippen LogP) is 1.40.